The van der Waals surface area contributed by atoms with Crippen LogP contribution in [0, 0.1) is 0 Å². The molecule has 0 radical (unpaired) electrons. The van der Waals surface area contributed by atoms with Gasteiger partial charge in [-0.15, -0.1) is 11.3 Å². The molecule has 1 aliphatic carbocycles. The molecule has 4 heterocycles. The normalized spacial score (nSPS) is 12.6. The van der Waals surface area contributed by atoms with Crippen LogP contribution in [0.3, 0.4) is 0 Å². The molecule has 0 fully saturated rings. The quantitative estimate of drug-likeness (QED) is 0.167. The Hall–Kier alpha value is -7.86. The van der Waals surface area contributed by atoms with Gasteiger partial charge in [0.1, 0.15) is 5.69 Å². The Morgan fingerprint density at radius 3 is 1.70 bits per heavy atom. The van der Waals surface area contributed by atoms with Gasteiger partial charge in [0, 0.05) is 63.7 Å². The summed E-state index contributed by atoms with van der Waals surface area (Å²) in [6.45, 7) is 0. The van der Waals surface area contributed by atoms with Crippen LogP contribution in [-0.2, 0) is 0 Å². The summed E-state index contributed by atoms with van der Waals surface area (Å²) in [6.07, 6.45) is 0. The Bertz CT molecular complexity index is 4280. The summed E-state index contributed by atoms with van der Waals surface area (Å²) >= 11 is 1.89. The van der Waals surface area contributed by atoms with Crippen LogP contribution in [0.5, 0.6) is 0 Å². The summed E-state index contributed by atoms with van der Waals surface area (Å²) in [5, 5.41) is 14.7. The minimum absolute atomic E-state index is 0.827. The minimum atomic E-state index is 0.827. The fourth-order valence-electron chi connectivity index (χ4n) is 11.0. The van der Waals surface area contributed by atoms with Crippen LogP contribution in [0.2, 0.25) is 0 Å². The Morgan fingerprint density at radius 2 is 0.902 bits per heavy atom. The van der Waals surface area contributed by atoms with Crippen LogP contribution >= 0.6 is 11.3 Å². The average molecular weight is 791 g/mol. The zero-order chi connectivity index (χ0) is 39.5. The smallest absolute Gasteiger partial charge is 0.165 e. The lowest BCUT2D eigenvalue weighted by atomic mass is 9.95. The van der Waals surface area contributed by atoms with Gasteiger partial charge < -0.3 is 4.57 Å². The van der Waals surface area contributed by atoms with Gasteiger partial charge in [-0.05, 0) is 81.2 Å². The third kappa shape index (κ3) is 3.99. The molecular weight excluding hydrogens is 761 g/mol. The maximum atomic E-state index is 5.94. The van der Waals surface area contributed by atoms with Crippen molar-refractivity contribution in [2.75, 3.05) is 0 Å². The molecule has 0 spiro atoms. The summed E-state index contributed by atoms with van der Waals surface area (Å²) in [4.78, 5) is 11.9. The highest BCUT2D eigenvalue weighted by molar-refractivity contribution is 7.26. The largest absolute Gasteiger partial charge is 0.309 e. The molecule has 1 aliphatic rings. The lowest BCUT2D eigenvalue weighted by molar-refractivity contribution is 1.08. The molecule has 0 saturated carbocycles. The van der Waals surface area contributed by atoms with Crippen molar-refractivity contribution in [3.8, 4) is 33.9 Å². The minimum Gasteiger partial charge on any atom is -0.309 e. The molecule has 0 atom stereocenters. The van der Waals surface area contributed by atoms with Gasteiger partial charge in [0.05, 0.1) is 33.1 Å². The second-order valence-corrected chi connectivity index (χ2v) is 17.5. The summed E-state index contributed by atoms with van der Waals surface area (Å²) in [7, 11) is 0. The van der Waals surface area contributed by atoms with Crippen molar-refractivity contribution in [3.63, 3.8) is 0 Å². The van der Waals surface area contributed by atoms with Gasteiger partial charge in [-0.1, -0.05) is 133 Å². The van der Waals surface area contributed by atoms with Crippen LogP contribution in [0.25, 0.3) is 141 Å². The maximum absolute atomic E-state index is 5.94. The molecule has 14 aromatic rings. The number of hydrogen-bond acceptors (Lipinski definition) is 3. The highest BCUT2D eigenvalue weighted by Crippen LogP contribution is 2.53. The molecule has 0 bridgehead atoms. The lowest BCUT2D eigenvalue weighted by Crippen LogP contribution is -2.05. The molecule has 61 heavy (non-hydrogen) atoms. The predicted octanol–water partition coefficient (Wildman–Crippen LogP) is 15.3. The van der Waals surface area contributed by atoms with Crippen molar-refractivity contribution in [3.05, 3.63) is 182 Å². The van der Waals surface area contributed by atoms with Crippen molar-refractivity contribution in [2.45, 2.75) is 0 Å². The topological polar surface area (TPSA) is 35.6 Å². The first kappa shape index (κ1) is 32.0. The Morgan fingerprint density at radius 1 is 0.328 bits per heavy atom. The first-order chi connectivity index (χ1) is 30.3. The van der Waals surface area contributed by atoms with E-state index in [0.29, 0.717) is 0 Å². The molecule has 0 saturated heterocycles. The van der Waals surface area contributed by atoms with Gasteiger partial charge in [-0.2, -0.15) is 0 Å². The van der Waals surface area contributed by atoms with Gasteiger partial charge in [-0.3, -0.25) is 4.57 Å². The monoisotopic (exact) mass is 790 g/mol. The molecule has 280 valence electrons. The molecule has 0 unspecified atom stereocenters. The molecule has 15 rings (SSSR count). The van der Waals surface area contributed by atoms with Gasteiger partial charge in [0.2, 0.25) is 0 Å². The number of aromatic nitrogens is 4. The summed E-state index contributed by atoms with van der Waals surface area (Å²) < 4.78 is 7.45. The number of thiophene rings is 1. The van der Waals surface area contributed by atoms with Crippen LogP contribution in [0.1, 0.15) is 0 Å². The van der Waals surface area contributed by atoms with Crippen molar-refractivity contribution in [2.24, 2.45) is 0 Å². The third-order valence-electron chi connectivity index (χ3n) is 13.4. The average Bonchev–Trinajstić information content (AvgIpc) is 3.96. The Labute approximate surface area is 351 Å². The fraction of sp³-hybridized carbons (Fsp3) is 0. The van der Waals surface area contributed by atoms with Crippen LogP contribution in [-0.4, -0.2) is 19.1 Å². The lowest BCUT2D eigenvalue weighted by Gasteiger charge is -2.17. The zero-order valence-corrected chi connectivity index (χ0v) is 33.3. The second kappa shape index (κ2) is 11.4. The van der Waals surface area contributed by atoms with E-state index in [0.717, 1.165) is 72.0 Å². The predicted molar refractivity (Wildman–Crippen MR) is 258 cm³/mol. The number of nitrogens with zero attached hydrogens (tertiary/aromatic N) is 4. The van der Waals surface area contributed by atoms with Gasteiger partial charge in [-0.25, -0.2) is 9.97 Å². The van der Waals surface area contributed by atoms with Gasteiger partial charge in [0.15, 0.2) is 5.82 Å². The first-order valence-electron chi connectivity index (χ1n) is 20.8. The summed E-state index contributed by atoms with van der Waals surface area (Å²) in [5.74, 6) is 0.827. The van der Waals surface area contributed by atoms with Gasteiger partial charge >= 0.3 is 0 Å². The SMILES string of the molecule is c1ccc(-n2c3ccccc3c3c(-c4nc5c6ccccc6c6ccccc6c5nc4-n4c5ccc6cccc7c6c5c5c6c(ccc54)sc4cccc-7c46)cccc32)cc1. The van der Waals surface area contributed by atoms with E-state index in [-0.39, 0.29) is 0 Å². The maximum Gasteiger partial charge on any atom is 0.165 e. The molecule has 4 aromatic heterocycles. The van der Waals surface area contributed by atoms with Crippen molar-refractivity contribution in [1.29, 1.82) is 0 Å². The van der Waals surface area contributed by atoms with E-state index in [1.807, 2.05) is 11.3 Å². The molecule has 5 heteroatoms. The standard InChI is InChI=1S/C56H30N4S/c1-2-14-32(15-3-1)59-41-24-9-8-20-39(41)48-40(23-11-25-42(48)59)55-56(58-54-38-19-7-5-17-34(38)33-16-4-6-18-37(33)53(54)57-55)60-43-28-27-31-13-10-21-35-36-22-12-26-45-49(36)52-46(61-45)30-29-44(60)51(52)50(43)47(31)35/h1-30H. The van der Waals surface area contributed by atoms with Gasteiger partial charge in [0.25, 0.3) is 0 Å². The Kier molecular flexibility index (Phi) is 6.01. The molecule has 0 amide bonds. The Balaban J connectivity index is 1.19. The zero-order valence-electron chi connectivity index (χ0n) is 32.5. The highest BCUT2D eigenvalue weighted by Gasteiger charge is 2.29. The fourth-order valence-corrected chi connectivity index (χ4v) is 12.2. The number of para-hydroxylation sites is 2. The number of hydrogen-bond donors (Lipinski definition) is 0. The van der Waals surface area contributed by atoms with E-state index in [2.05, 4.69) is 191 Å². The summed E-state index contributed by atoms with van der Waals surface area (Å²) in [6, 6.07) is 66.5. The molecule has 0 N–H and O–H groups in total. The van der Waals surface area contributed by atoms with Crippen molar-refractivity contribution in [1.82, 2.24) is 19.1 Å². The number of benzene rings is 10. The van der Waals surface area contributed by atoms with Crippen LogP contribution in [0.4, 0.5) is 0 Å². The van der Waals surface area contributed by atoms with E-state index in [4.69, 9.17) is 9.97 Å². The number of rotatable bonds is 3. The van der Waals surface area contributed by atoms with Crippen molar-refractivity contribution < 1.29 is 0 Å². The molecule has 10 aromatic carbocycles. The van der Waals surface area contributed by atoms with E-state index >= 15 is 0 Å². The second-order valence-electron chi connectivity index (χ2n) is 16.4. The van der Waals surface area contributed by atoms with Crippen LogP contribution < -0.4 is 0 Å². The van der Waals surface area contributed by atoms with E-state index < -0.39 is 0 Å². The van der Waals surface area contributed by atoms with Crippen LogP contribution in [0.15, 0.2) is 182 Å². The highest BCUT2D eigenvalue weighted by atomic mass is 32.1. The summed E-state index contributed by atoms with van der Waals surface area (Å²) in [5.41, 5.74) is 12.0. The third-order valence-corrected chi connectivity index (χ3v) is 14.5. The molecular formula is C56H30N4S. The van der Waals surface area contributed by atoms with E-state index in [1.54, 1.807) is 0 Å². The first-order valence-corrected chi connectivity index (χ1v) is 21.7. The van der Waals surface area contributed by atoms with Crippen molar-refractivity contribution >= 4 is 118 Å². The van der Waals surface area contributed by atoms with E-state index in [9.17, 15) is 0 Å². The number of fused-ring (bicyclic) bond motifs is 10. The molecule has 0 aliphatic heterocycles. The van der Waals surface area contributed by atoms with E-state index in [1.165, 1.54) is 69.0 Å². The molecule has 4 nitrogen and oxygen atoms in total.